The topological polar surface area (TPSA) is 75.4 Å². The molecule has 0 spiro atoms. The fraction of sp³-hybridized carbons (Fsp3) is 0.692. The molecule has 20 heavy (non-hydrogen) atoms. The van der Waals surface area contributed by atoms with Crippen LogP contribution in [0.25, 0.3) is 0 Å². The van der Waals surface area contributed by atoms with Crippen molar-refractivity contribution in [3.63, 3.8) is 0 Å². The lowest BCUT2D eigenvalue weighted by Crippen LogP contribution is -2.31. The van der Waals surface area contributed by atoms with Crippen molar-refractivity contribution in [2.45, 2.75) is 31.7 Å². The Morgan fingerprint density at radius 1 is 1.55 bits per heavy atom. The predicted octanol–water partition coefficient (Wildman–Crippen LogP) is 1.14. The number of rotatable bonds is 6. The van der Waals surface area contributed by atoms with E-state index in [1.807, 2.05) is 12.3 Å². The van der Waals surface area contributed by atoms with Gasteiger partial charge < -0.3 is 10.6 Å². The van der Waals surface area contributed by atoms with Crippen LogP contribution in [0.1, 0.15) is 23.8 Å². The number of nitrogens with two attached hydrogens (primary N) is 1. The van der Waals surface area contributed by atoms with Crippen LogP contribution in [-0.4, -0.2) is 39.5 Å². The van der Waals surface area contributed by atoms with Crippen LogP contribution in [-0.2, 0) is 16.6 Å². The minimum atomic E-state index is -3.44. The van der Waals surface area contributed by atoms with Crippen molar-refractivity contribution >= 4 is 21.4 Å². The van der Waals surface area contributed by atoms with E-state index >= 15 is 0 Å². The fourth-order valence-corrected chi connectivity index (χ4v) is 5.47. The van der Waals surface area contributed by atoms with E-state index in [9.17, 15) is 8.42 Å². The van der Waals surface area contributed by atoms with E-state index in [-0.39, 0.29) is 6.54 Å². The molecule has 0 aromatic carbocycles. The van der Waals surface area contributed by atoms with Gasteiger partial charge in [0, 0.05) is 24.5 Å². The maximum atomic E-state index is 12.4. The van der Waals surface area contributed by atoms with Crippen molar-refractivity contribution in [2.24, 2.45) is 11.7 Å². The molecular weight excluding hydrogens is 294 g/mol. The number of sulfonamides is 1. The monoisotopic (exact) mass is 317 g/mol. The molecule has 0 amide bonds. The summed E-state index contributed by atoms with van der Waals surface area (Å²) in [5.41, 5.74) is 6.41. The highest BCUT2D eigenvalue weighted by Gasteiger charge is 2.26. The van der Waals surface area contributed by atoms with Gasteiger partial charge in [0.15, 0.2) is 0 Å². The summed E-state index contributed by atoms with van der Waals surface area (Å²) in [6.45, 7) is 7.80. The van der Waals surface area contributed by atoms with Gasteiger partial charge in [0.25, 0.3) is 0 Å². The zero-order valence-electron chi connectivity index (χ0n) is 12.1. The molecule has 3 N–H and O–H groups in total. The Balaban J connectivity index is 2.03. The molecule has 1 aromatic heterocycles. The highest BCUT2D eigenvalue weighted by Crippen LogP contribution is 2.26. The highest BCUT2D eigenvalue weighted by atomic mass is 32.2. The maximum Gasteiger partial charge on any atom is 0.241 e. The van der Waals surface area contributed by atoms with Crippen LogP contribution < -0.4 is 10.5 Å². The third kappa shape index (κ3) is 3.40. The van der Waals surface area contributed by atoms with Crippen molar-refractivity contribution in [2.75, 3.05) is 26.2 Å². The molecule has 2 rings (SSSR count). The smallest absolute Gasteiger partial charge is 0.241 e. The molecule has 0 saturated carbocycles. The van der Waals surface area contributed by atoms with E-state index in [4.69, 9.17) is 5.73 Å². The molecule has 7 heteroatoms. The van der Waals surface area contributed by atoms with E-state index in [1.165, 1.54) is 11.3 Å². The third-order valence-electron chi connectivity index (χ3n) is 3.82. The molecule has 1 aliphatic rings. The number of hydrogen-bond donors (Lipinski definition) is 2. The van der Waals surface area contributed by atoms with Crippen LogP contribution in [0, 0.1) is 12.8 Å². The van der Waals surface area contributed by atoms with Gasteiger partial charge in [0.1, 0.15) is 4.90 Å². The van der Waals surface area contributed by atoms with E-state index in [0.717, 1.165) is 36.5 Å². The van der Waals surface area contributed by atoms with Gasteiger partial charge in [-0.3, -0.25) is 0 Å². The molecule has 0 bridgehead atoms. The van der Waals surface area contributed by atoms with E-state index in [2.05, 4.69) is 16.5 Å². The van der Waals surface area contributed by atoms with Gasteiger partial charge in [-0.05, 0) is 43.3 Å². The van der Waals surface area contributed by atoms with Gasteiger partial charge in [0.2, 0.25) is 10.0 Å². The lowest BCUT2D eigenvalue weighted by atomic mass is 10.1. The summed E-state index contributed by atoms with van der Waals surface area (Å²) in [7, 11) is -3.44. The highest BCUT2D eigenvalue weighted by molar-refractivity contribution is 7.89. The standard InChI is InChI=1S/C13H23N3O2S2/c1-3-16-5-4-11(8-16)7-15-20(17,18)13-10(2)9-19-12(13)6-14/h9,11,15H,3-8,14H2,1-2H3. The van der Waals surface area contributed by atoms with Gasteiger partial charge in [0.05, 0.1) is 0 Å². The van der Waals surface area contributed by atoms with Gasteiger partial charge in [-0.15, -0.1) is 11.3 Å². The first-order valence-corrected chi connectivity index (χ1v) is 9.33. The average molecular weight is 317 g/mol. The Labute approximate surface area is 125 Å². The summed E-state index contributed by atoms with van der Waals surface area (Å²) in [6, 6.07) is 0. The van der Waals surface area contributed by atoms with Crippen LogP contribution in [0.5, 0.6) is 0 Å². The SMILES string of the molecule is CCN1CCC(CNS(=O)(=O)c2c(C)csc2CN)C1. The van der Waals surface area contributed by atoms with Crippen LogP contribution in [0.3, 0.4) is 0 Å². The van der Waals surface area contributed by atoms with Crippen molar-refractivity contribution < 1.29 is 8.42 Å². The van der Waals surface area contributed by atoms with Crippen molar-refractivity contribution in [1.82, 2.24) is 9.62 Å². The molecule has 1 unspecified atom stereocenters. The van der Waals surface area contributed by atoms with Crippen LogP contribution in [0.15, 0.2) is 10.3 Å². The number of hydrogen-bond acceptors (Lipinski definition) is 5. The van der Waals surface area contributed by atoms with Crippen molar-refractivity contribution in [3.8, 4) is 0 Å². The largest absolute Gasteiger partial charge is 0.326 e. The van der Waals surface area contributed by atoms with Crippen LogP contribution in [0.2, 0.25) is 0 Å². The summed E-state index contributed by atoms with van der Waals surface area (Å²) in [5.74, 6) is 0.407. The molecule has 0 radical (unpaired) electrons. The molecule has 114 valence electrons. The maximum absolute atomic E-state index is 12.4. The quantitative estimate of drug-likeness (QED) is 0.825. The molecule has 1 saturated heterocycles. The Kier molecular flexibility index (Phi) is 5.19. The Morgan fingerprint density at radius 2 is 2.30 bits per heavy atom. The fourth-order valence-electron chi connectivity index (χ4n) is 2.66. The second kappa shape index (κ2) is 6.53. The first-order chi connectivity index (χ1) is 9.47. The lowest BCUT2D eigenvalue weighted by molar-refractivity contribution is 0.342. The van der Waals surface area contributed by atoms with Gasteiger partial charge >= 0.3 is 0 Å². The third-order valence-corrected chi connectivity index (χ3v) is 6.73. The molecule has 0 aliphatic carbocycles. The van der Waals surface area contributed by atoms with E-state index in [0.29, 0.717) is 17.4 Å². The second-order valence-electron chi connectivity index (χ2n) is 5.27. The van der Waals surface area contributed by atoms with Crippen LogP contribution >= 0.6 is 11.3 Å². The summed E-state index contributed by atoms with van der Waals surface area (Å²) in [5, 5.41) is 1.85. The number of nitrogens with one attached hydrogen (secondary N) is 1. The minimum absolute atomic E-state index is 0.266. The molecule has 1 fully saturated rings. The Morgan fingerprint density at radius 3 is 2.90 bits per heavy atom. The summed E-state index contributed by atoms with van der Waals surface area (Å²) in [6.07, 6.45) is 1.06. The molecule has 2 heterocycles. The molecule has 1 aliphatic heterocycles. The average Bonchev–Trinajstić information content (AvgIpc) is 3.02. The summed E-state index contributed by atoms with van der Waals surface area (Å²) in [4.78, 5) is 3.46. The number of likely N-dealkylation sites (tertiary alicyclic amines) is 1. The zero-order valence-corrected chi connectivity index (χ0v) is 13.7. The van der Waals surface area contributed by atoms with E-state index in [1.54, 1.807) is 0 Å². The first kappa shape index (κ1) is 15.9. The second-order valence-corrected chi connectivity index (χ2v) is 7.94. The number of aryl methyl sites for hydroxylation is 1. The Hall–Kier alpha value is -0.470. The zero-order chi connectivity index (χ0) is 14.8. The Bertz CT molecular complexity index is 554. The molecule has 1 aromatic rings. The first-order valence-electron chi connectivity index (χ1n) is 6.97. The number of thiophene rings is 1. The van der Waals surface area contributed by atoms with E-state index < -0.39 is 10.0 Å². The lowest BCUT2D eigenvalue weighted by Gasteiger charge is -2.14. The summed E-state index contributed by atoms with van der Waals surface area (Å²) < 4.78 is 27.6. The van der Waals surface area contributed by atoms with Gasteiger partial charge in [-0.25, -0.2) is 13.1 Å². The number of nitrogens with zero attached hydrogens (tertiary/aromatic N) is 1. The van der Waals surface area contributed by atoms with Crippen molar-refractivity contribution in [1.29, 1.82) is 0 Å². The summed E-state index contributed by atoms with van der Waals surface area (Å²) >= 11 is 1.41. The predicted molar refractivity (Wildman–Crippen MR) is 82.4 cm³/mol. The van der Waals surface area contributed by atoms with Gasteiger partial charge in [-0.2, -0.15) is 0 Å². The normalized spacial score (nSPS) is 20.6. The van der Waals surface area contributed by atoms with Gasteiger partial charge in [-0.1, -0.05) is 6.92 Å². The molecule has 1 atom stereocenters. The van der Waals surface area contributed by atoms with Crippen molar-refractivity contribution in [3.05, 3.63) is 15.8 Å². The minimum Gasteiger partial charge on any atom is -0.326 e. The molecule has 5 nitrogen and oxygen atoms in total. The molecular formula is C13H23N3O2S2. The van der Waals surface area contributed by atoms with Crippen LogP contribution in [0.4, 0.5) is 0 Å².